The van der Waals surface area contributed by atoms with Crippen LogP contribution in [0.15, 0.2) is 17.2 Å². The molecule has 0 amide bonds. The van der Waals surface area contributed by atoms with Crippen LogP contribution < -0.4 is 14.2 Å². The number of benzene rings is 1. The second kappa shape index (κ2) is 6.73. The summed E-state index contributed by atoms with van der Waals surface area (Å²) in [6, 6.07) is 3.45. The summed E-state index contributed by atoms with van der Waals surface area (Å²) in [4.78, 5) is 0. The maximum Gasteiger partial charge on any atom is 0.169 e. The van der Waals surface area contributed by atoms with Gasteiger partial charge in [-0.15, -0.1) is 0 Å². The highest BCUT2D eigenvalue weighted by atomic mass is 16.5. The van der Waals surface area contributed by atoms with Crippen LogP contribution >= 0.6 is 0 Å². The normalized spacial score (nSPS) is 9.82. The van der Waals surface area contributed by atoms with Crippen LogP contribution in [-0.2, 0) is 0 Å². The first-order valence-corrected chi connectivity index (χ1v) is 5.70. The Morgan fingerprint density at radius 3 is 1.76 bits per heavy atom. The third-order valence-corrected chi connectivity index (χ3v) is 2.04. The van der Waals surface area contributed by atoms with E-state index < -0.39 is 0 Å². The maximum atomic E-state index is 7.18. The summed E-state index contributed by atoms with van der Waals surface area (Å²) in [5.41, 5.74) is 7.58. The quantitative estimate of drug-likeness (QED) is 0.739. The van der Waals surface area contributed by atoms with E-state index in [1.54, 1.807) is 12.1 Å². The third-order valence-electron chi connectivity index (χ3n) is 2.04. The van der Waals surface area contributed by atoms with Gasteiger partial charge in [-0.05, 0) is 20.8 Å². The maximum absolute atomic E-state index is 7.18. The van der Waals surface area contributed by atoms with Crippen molar-refractivity contribution in [2.24, 2.45) is 5.11 Å². The molecule has 17 heavy (non-hydrogen) atoms. The van der Waals surface area contributed by atoms with Crippen LogP contribution in [0.1, 0.15) is 20.8 Å². The van der Waals surface area contributed by atoms with Gasteiger partial charge in [-0.3, -0.25) is 0 Å². The zero-order valence-electron chi connectivity index (χ0n) is 10.4. The van der Waals surface area contributed by atoms with Gasteiger partial charge in [0.25, 0.3) is 0 Å². The molecule has 1 N–H and O–H groups in total. The average Bonchev–Trinajstić information content (AvgIpc) is 2.30. The average molecular weight is 238 g/mol. The van der Waals surface area contributed by atoms with Gasteiger partial charge in [0.2, 0.25) is 0 Å². The molecule has 0 saturated heterocycles. The van der Waals surface area contributed by atoms with Gasteiger partial charge in [0.15, 0.2) is 17.2 Å². The van der Waals surface area contributed by atoms with Crippen molar-refractivity contribution in [3.05, 3.63) is 12.1 Å². The molecule has 0 unspecified atom stereocenters. The molecule has 1 aromatic rings. The standard InChI is InChI=1S/C12H18N2O3/c1-4-15-9-7-10(16-5-2)12(14-13)11(8-9)17-6-3/h7-8,13H,4-6H2,1-3H3. The fourth-order valence-corrected chi connectivity index (χ4v) is 1.45. The summed E-state index contributed by atoms with van der Waals surface area (Å²) in [5, 5.41) is 3.45. The van der Waals surface area contributed by atoms with E-state index in [1.165, 1.54) is 0 Å². The lowest BCUT2D eigenvalue weighted by atomic mass is 10.2. The molecule has 0 aliphatic heterocycles. The number of ether oxygens (including phenoxy) is 3. The molecular weight excluding hydrogens is 220 g/mol. The molecule has 0 saturated carbocycles. The van der Waals surface area contributed by atoms with Gasteiger partial charge >= 0.3 is 0 Å². The van der Waals surface area contributed by atoms with E-state index >= 15 is 0 Å². The summed E-state index contributed by atoms with van der Waals surface area (Å²) in [6.07, 6.45) is 0. The Hall–Kier alpha value is -1.78. The minimum absolute atomic E-state index is 0.400. The molecule has 5 nitrogen and oxygen atoms in total. The number of hydrogen-bond acceptors (Lipinski definition) is 5. The SMILES string of the molecule is CCOc1cc(OCC)c(N=N)c(OCC)c1. The monoisotopic (exact) mass is 238 g/mol. The predicted octanol–water partition coefficient (Wildman–Crippen LogP) is 3.55. The van der Waals surface area contributed by atoms with Gasteiger partial charge in [0.05, 0.1) is 19.8 Å². The highest BCUT2D eigenvalue weighted by molar-refractivity contribution is 5.64. The largest absolute Gasteiger partial charge is 0.494 e. The Morgan fingerprint density at radius 1 is 0.941 bits per heavy atom. The molecule has 0 fully saturated rings. The molecule has 5 heteroatoms. The Balaban J connectivity index is 3.18. The summed E-state index contributed by atoms with van der Waals surface area (Å²) < 4.78 is 16.3. The molecule has 0 spiro atoms. The lowest BCUT2D eigenvalue weighted by Gasteiger charge is -2.13. The summed E-state index contributed by atoms with van der Waals surface area (Å²) in [7, 11) is 0. The van der Waals surface area contributed by atoms with Crippen LogP contribution in [0.25, 0.3) is 0 Å². The van der Waals surface area contributed by atoms with Crippen LogP contribution in [-0.4, -0.2) is 19.8 Å². The Morgan fingerprint density at radius 2 is 1.41 bits per heavy atom. The number of rotatable bonds is 7. The molecule has 94 valence electrons. The van der Waals surface area contributed by atoms with Crippen LogP contribution in [0.5, 0.6) is 17.2 Å². The van der Waals surface area contributed by atoms with Gasteiger partial charge in [-0.1, -0.05) is 0 Å². The predicted molar refractivity (Wildman–Crippen MR) is 64.8 cm³/mol. The minimum atomic E-state index is 0.400. The fraction of sp³-hybridized carbons (Fsp3) is 0.500. The number of nitrogens with one attached hydrogen (secondary N) is 1. The Bertz CT molecular complexity index is 353. The molecule has 0 atom stereocenters. The number of nitrogens with zero attached hydrogens (tertiary/aromatic N) is 1. The van der Waals surface area contributed by atoms with Crippen LogP contribution in [0.3, 0.4) is 0 Å². The van der Waals surface area contributed by atoms with E-state index in [-0.39, 0.29) is 0 Å². The molecule has 1 aromatic carbocycles. The summed E-state index contributed by atoms with van der Waals surface area (Å²) in [6.45, 7) is 7.23. The lowest BCUT2D eigenvalue weighted by molar-refractivity contribution is 0.308. The molecule has 0 aliphatic carbocycles. The topological polar surface area (TPSA) is 63.9 Å². The molecule has 0 radical (unpaired) electrons. The first kappa shape index (κ1) is 13.3. The second-order valence-corrected chi connectivity index (χ2v) is 3.18. The summed E-state index contributed by atoms with van der Waals surface area (Å²) >= 11 is 0. The van der Waals surface area contributed by atoms with Gasteiger partial charge in [0, 0.05) is 12.1 Å². The minimum Gasteiger partial charge on any atom is -0.494 e. The van der Waals surface area contributed by atoms with Crippen molar-refractivity contribution in [2.45, 2.75) is 20.8 Å². The van der Waals surface area contributed by atoms with Crippen molar-refractivity contribution in [1.82, 2.24) is 0 Å². The van der Waals surface area contributed by atoms with Crippen LogP contribution in [0.4, 0.5) is 5.69 Å². The summed E-state index contributed by atoms with van der Waals surface area (Å²) in [5.74, 6) is 1.68. The van der Waals surface area contributed by atoms with E-state index in [9.17, 15) is 0 Å². The van der Waals surface area contributed by atoms with E-state index in [2.05, 4.69) is 5.11 Å². The van der Waals surface area contributed by atoms with E-state index in [1.807, 2.05) is 20.8 Å². The van der Waals surface area contributed by atoms with Crippen molar-refractivity contribution >= 4 is 5.69 Å². The Kier molecular flexibility index (Phi) is 5.26. The Labute approximate surface area is 101 Å². The zero-order valence-corrected chi connectivity index (χ0v) is 10.4. The van der Waals surface area contributed by atoms with E-state index in [4.69, 9.17) is 19.7 Å². The lowest BCUT2D eigenvalue weighted by Crippen LogP contribution is -1.99. The van der Waals surface area contributed by atoms with Gasteiger partial charge < -0.3 is 14.2 Å². The fourth-order valence-electron chi connectivity index (χ4n) is 1.45. The van der Waals surface area contributed by atoms with E-state index in [0.29, 0.717) is 42.8 Å². The number of hydrogen-bond donors (Lipinski definition) is 1. The van der Waals surface area contributed by atoms with Crippen molar-refractivity contribution in [2.75, 3.05) is 19.8 Å². The van der Waals surface area contributed by atoms with Crippen LogP contribution in [0, 0.1) is 5.53 Å². The van der Waals surface area contributed by atoms with Crippen molar-refractivity contribution < 1.29 is 14.2 Å². The first-order chi connectivity index (χ1) is 8.26. The van der Waals surface area contributed by atoms with Crippen molar-refractivity contribution in [3.63, 3.8) is 0 Å². The van der Waals surface area contributed by atoms with Crippen LogP contribution in [0.2, 0.25) is 0 Å². The van der Waals surface area contributed by atoms with Gasteiger partial charge in [-0.2, -0.15) is 5.11 Å². The van der Waals surface area contributed by atoms with Crippen molar-refractivity contribution in [1.29, 1.82) is 5.53 Å². The highest BCUT2D eigenvalue weighted by Gasteiger charge is 2.13. The molecule has 0 heterocycles. The molecule has 0 bridgehead atoms. The van der Waals surface area contributed by atoms with Gasteiger partial charge in [0.1, 0.15) is 5.75 Å². The van der Waals surface area contributed by atoms with Crippen molar-refractivity contribution in [3.8, 4) is 17.2 Å². The van der Waals surface area contributed by atoms with E-state index in [0.717, 1.165) is 0 Å². The molecular formula is C12H18N2O3. The second-order valence-electron chi connectivity index (χ2n) is 3.18. The molecule has 0 aliphatic rings. The third kappa shape index (κ3) is 3.34. The smallest absolute Gasteiger partial charge is 0.169 e. The first-order valence-electron chi connectivity index (χ1n) is 5.70. The molecule has 0 aromatic heterocycles. The highest BCUT2D eigenvalue weighted by Crippen LogP contribution is 2.41. The molecule has 1 rings (SSSR count). The zero-order chi connectivity index (χ0) is 12.7. The van der Waals surface area contributed by atoms with Gasteiger partial charge in [-0.25, -0.2) is 5.53 Å².